The van der Waals surface area contributed by atoms with E-state index in [1.54, 1.807) is 0 Å². The van der Waals surface area contributed by atoms with Gasteiger partial charge in [0, 0.05) is 30.8 Å². The van der Waals surface area contributed by atoms with E-state index < -0.39 is 61.3 Å². The van der Waals surface area contributed by atoms with Crippen molar-refractivity contribution in [3.05, 3.63) is 6.20 Å². The minimum Gasteiger partial charge on any atom is -0.462 e. The summed E-state index contributed by atoms with van der Waals surface area (Å²) in [5.41, 5.74) is 0. The number of aliphatic hydroxyl groups excluding tert-OH is 4. The molecule has 6 unspecified atom stereocenters. The molecule has 17 heteroatoms. The van der Waals surface area contributed by atoms with E-state index in [1.807, 2.05) is 0 Å². The maximum Gasteiger partial charge on any atom is 0.306 e. The van der Waals surface area contributed by atoms with Crippen LogP contribution in [-0.2, 0) is 33.4 Å². The predicted octanol–water partition coefficient (Wildman–Crippen LogP) is 2.77. The van der Waals surface area contributed by atoms with E-state index in [1.165, 1.54) is 18.0 Å². The molecule has 0 aliphatic carbocycles. The molecule has 0 bridgehead atoms. The first-order valence-electron chi connectivity index (χ1n) is 18.8. The molecular formula is C35H61N5O11S. The van der Waals surface area contributed by atoms with E-state index >= 15 is 0 Å². The number of ether oxygens (including phenoxy) is 3. The molecule has 1 saturated heterocycles. The highest BCUT2D eigenvalue weighted by molar-refractivity contribution is 7.99. The number of carbonyl (C=O) groups is 4. The molecule has 298 valence electrons. The predicted molar refractivity (Wildman–Crippen MR) is 194 cm³/mol. The van der Waals surface area contributed by atoms with Crippen LogP contribution >= 0.6 is 11.8 Å². The Morgan fingerprint density at radius 3 is 2.08 bits per heavy atom. The van der Waals surface area contributed by atoms with Crippen LogP contribution in [0.1, 0.15) is 123 Å². The number of thioether (sulfide) groups is 1. The monoisotopic (exact) mass is 759 g/mol. The molecular weight excluding hydrogens is 698 g/mol. The third kappa shape index (κ3) is 16.9. The van der Waals surface area contributed by atoms with Crippen molar-refractivity contribution in [2.24, 2.45) is 0 Å². The van der Waals surface area contributed by atoms with Crippen LogP contribution in [0, 0.1) is 0 Å². The highest BCUT2D eigenvalue weighted by Gasteiger charge is 2.44. The van der Waals surface area contributed by atoms with Gasteiger partial charge in [0.2, 0.25) is 11.8 Å². The van der Waals surface area contributed by atoms with Crippen molar-refractivity contribution < 1.29 is 53.8 Å². The van der Waals surface area contributed by atoms with Gasteiger partial charge in [-0.25, -0.2) is 4.68 Å². The van der Waals surface area contributed by atoms with Gasteiger partial charge in [-0.3, -0.25) is 19.2 Å². The number of nitrogens with zero attached hydrogens (tertiary/aromatic N) is 3. The first kappa shape index (κ1) is 45.3. The smallest absolute Gasteiger partial charge is 0.306 e. The number of esters is 2. The number of hydrogen-bond donors (Lipinski definition) is 6. The van der Waals surface area contributed by atoms with Crippen LogP contribution in [0.5, 0.6) is 0 Å². The van der Waals surface area contributed by atoms with E-state index in [0.29, 0.717) is 19.3 Å². The van der Waals surface area contributed by atoms with Gasteiger partial charge in [0.25, 0.3) is 0 Å². The van der Waals surface area contributed by atoms with Crippen molar-refractivity contribution in [1.82, 2.24) is 20.3 Å². The van der Waals surface area contributed by atoms with Crippen LogP contribution in [0.15, 0.2) is 6.20 Å². The fourth-order valence-electron chi connectivity index (χ4n) is 5.46. The van der Waals surface area contributed by atoms with Crippen LogP contribution in [0.3, 0.4) is 0 Å². The number of amides is 2. The van der Waals surface area contributed by atoms with E-state index in [9.17, 15) is 39.6 Å². The second-order valence-corrected chi connectivity index (χ2v) is 14.3. The molecule has 6 N–H and O–H groups in total. The maximum absolute atomic E-state index is 13.5. The summed E-state index contributed by atoms with van der Waals surface area (Å²) in [5, 5.41) is 53.3. The molecule has 2 heterocycles. The zero-order valence-corrected chi connectivity index (χ0v) is 31.8. The molecule has 16 nitrogen and oxygen atoms in total. The lowest BCUT2D eigenvalue weighted by atomic mass is 9.98. The Kier molecular flexibility index (Phi) is 22.7. The molecule has 7 atom stereocenters. The maximum atomic E-state index is 13.5. The minimum atomic E-state index is -1.63. The molecule has 2 amide bonds. The lowest BCUT2D eigenvalue weighted by molar-refractivity contribution is -0.254. The lowest BCUT2D eigenvalue weighted by Crippen LogP contribution is -2.56. The Bertz CT molecular complexity index is 1190. The Morgan fingerprint density at radius 2 is 1.46 bits per heavy atom. The molecule has 0 aromatic carbocycles. The van der Waals surface area contributed by atoms with Gasteiger partial charge in [0.1, 0.15) is 43.2 Å². The van der Waals surface area contributed by atoms with E-state index in [2.05, 4.69) is 41.7 Å². The van der Waals surface area contributed by atoms with Crippen molar-refractivity contribution >= 4 is 41.3 Å². The number of hydrogen-bond acceptors (Lipinski definition) is 14. The number of carbonyl (C=O) groups excluding carboxylic acids is 4. The summed E-state index contributed by atoms with van der Waals surface area (Å²) in [7, 11) is 0. The number of aromatic nitrogens is 3. The Hall–Kier alpha value is -2.83. The van der Waals surface area contributed by atoms with Gasteiger partial charge in [-0.2, -0.15) is 11.8 Å². The van der Waals surface area contributed by atoms with Crippen LogP contribution in [0.25, 0.3) is 0 Å². The van der Waals surface area contributed by atoms with Gasteiger partial charge in [-0.1, -0.05) is 83.8 Å². The number of anilines is 1. The topological polar surface area (TPSA) is 232 Å². The van der Waals surface area contributed by atoms with Gasteiger partial charge in [-0.15, -0.1) is 5.10 Å². The number of unbranched alkanes of at least 4 members (excludes halogenated alkanes) is 9. The van der Waals surface area contributed by atoms with Crippen LogP contribution in [0.4, 0.5) is 5.82 Å². The molecule has 0 saturated carbocycles. The molecule has 0 radical (unpaired) electrons. The van der Waals surface area contributed by atoms with Crippen molar-refractivity contribution in [1.29, 1.82) is 0 Å². The summed E-state index contributed by atoms with van der Waals surface area (Å²) in [6.45, 7) is 5.48. The summed E-state index contributed by atoms with van der Waals surface area (Å²) in [4.78, 5) is 51.4. The Morgan fingerprint density at radius 1 is 0.846 bits per heavy atom. The molecule has 52 heavy (non-hydrogen) atoms. The zero-order chi connectivity index (χ0) is 38.3. The van der Waals surface area contributed by atoms with E-state index in [-0.39, 0.29) is 55.1 Å². The summed E-state index contributed by atoms with van der Waals surface area (Å²) >= 11 is 1.25. The molecule has 1 aliphatic rings. The van der Waals surface area contributed by atoms with Crippen molar-refractivity contribution in [3.8, 4) is 0 Å². The normalized spacial score (nSPS) is 21.2. The van der Waals surface area contributed by atoms with Crippen LogP contribution < -0.4 is 10.6 Å². The molecule has 1 fully saturated rings. The molecule has 1 aromatic heterocycles. The first-order valence-corrected chi connectivity index (χ1v) is 19.9. The van der Waals surface area contributed by atoms with E-state index in [0.717, 1.165) is 62.5 Å². The van der Waals surface area contributed by atoms with Gasteiger partial charge >= 0.3 is 11.9 Å². The summed E-state index contributed by atoms with van der Waals surface area (Å²) < 4.78 is 17.7. The van der Waals surface area contributed by atoms with Gasteiger partial charge < -0.3 is 45.3 Å². The molecule has 1 aliphatic heterocycles. The fraction of sp³-hybridized carbons (Fsp3) is 0.829. The molecule has 1 aromatic rings. The van der Waals surface area contributed by atoms with Crippen molar-refractivity contribution in [2.45, 2.75) is 160 Å². The highest BCUT2D eigenvalue weighted by Crippen LogP contribution is 2.28. The average molecular weight is 760 g/mol. The SMILES string of the molecule is CCCCCCC(=O)NC(CSCC(COC(=O)CCCCCC)OC(=O)CCCCCC)C(=O)Nc1cn([C@H]2OC(CO)C(O)C(O)C2O)nn1. The lowest BCUT2D eigenvalue weighted by Gasteiger charge is -2.39. The third-order valence-electron chi connectivity index (χ3n) is 8.58. The summed E-state index contributed by atoms with van der Waals surface area (Å²) in [6.07, 6.45) is 4.84. The van der Waals surface area contributed by atoms with Crippen LogP contribution in [0.2, 0.25) is 0 Å². The standard InChI is InChI=1S/C35H61N5O11S/c1-4-7-10-13-16-28(42)36-25(34(48)37-27-19-40(39-38-27)35-33(47)32(46)31(45)26(20-41)51-35)23-52-22-24(50-30(44)18-15-12-9-6-3)21-49-29(43)17-14-11-8-5-2/h19,24-26,31-33,35,41,45-47H,4-18,20-23H2,1-3H3,(H,36,42)(H,37,48)/t24?,25?,26?,31?,32?,33?,35-/m0/s1. The van der Waals surface area contributed by atoms with Crippen molar-refractivity contribution in [2.75, 3.05) is 30.0 Å². The number of aliphatic hydroxyl groups is 4. The van der Waals surface area contributed by atoms with Gasteiger partial charge in [-0.05, 0) is 19.3 Å². The van der Waals surface area contributed by atoms with Gasteiger partial charge in [0.15, 0.2) is 12.0 Å². The fourth-order valence-corrected chi connectivity index (χ4v) is 6.50. The van der Waals surface area contributed by atoms with Crippen LogP contribution in [-0.4, -0.2) is 120 Å². The van der Waals surface area contributed by atoms with E-state index in [4.69, 9.17) is 14.2 Å². The molecule has 0 spiro atoms. The third-order valence-corrected chi connectivity index (χ3v) is 9.76. The average Bonchev–Trinajstić information content (AvgIpc) is 3.59. The highest BCUT2D eigenvalue weighted by atomic mass is 32.2. The Labute approximate surface area is 311 Å². The largest absolute Gasteiger partial charge is 0.462 e. The minimum absolute atomic E-state index is 0.0464. The molecule has 2 rings (SSSR count). The van der Waals surface area contributed by atoms with Crippen molar-refractivity contribution in [3.63, 3.8) is 0 Å². The second-order valence-electron chi connectivity index (χ2n) is 13.2. The number of rotatable bonds is 27. The second kappa shape index (κ2) is 26.0. The Balaban J connectivity index is 2.10. The van der Waals surface area contributed by atoms with Gasteiger partial charge in [0.05, 0.1) is 12.8 Å². The quantitative estimate of drug-likeness (QED) is 0.0560. The number of nitrogens with one attached hydrogen (secondary N) is 2. The summed E-state index contributed by atoms with van der Waals surface area (Å²) in [6, 6.07) is -1.03. The summed E-state index contributed by atoms with van der Waals surface area (Å²) in [5.74, 6) is -1.44. The first-order chi connectivity index (χ1) is 25.0. The zero-order valence-electron chi connectivity index (χ0n) is 31.0.